The highest BCUT2D eigenvalue weighted by Gasteiger charge is 2.32. The minimum Gasteiger partial charge on any atom is -0.368 e. The van der Waals surface area contributed by atoms with Gasteiger partial charge in [-0.3, -0.25) is 5.01 Å². The van der Waals surface area contributed by atoms with Crippen molar-refractivity contribution in [2.75, 3.05) is 20.1 Å². The van der Waals surface area contributed by atoms with Gasteiger partial charge in [0.1, 0.15) is 0 Å². The molecule has 1 saturated heterocycles. The third-order valence-corrected chi connectivity index (χ3v) is 6.73. The van der Waals surface area contributed by atoms with Crippen molar-refractivity contribution in [1.29, 1.82) is 0 Å². The zero-order chi connectivity index (χ0) is 19.8. The first-order valence-corrected chi connectivity index (χ1v) is 11.1. The average molecular weight is 390 g/mol. The van der Waals surface area contributed by atoms with Gasteiger partial charge in [0.15, 0.2) is 6.23 Å². The van der Waals surface area contributed by atoms with Gasteiger partial charge in [-0.05, 0) is 69.3 Å². The van der Waals surface area contributed by atoms with Crippen molar-refractivity contribution in [3.63, 3.8) is 0 Å². The van der Waals surface area contributed by atoms with E-state index in [4.69, 9.17) is 5.10 Å². The van der Waals surface area contributed by atoms with Gasteiger partial charge in [0.25, 0.3) is 0 Å². The molecule has 2 atom stereocenters. The maximum atomic E-state index is 11.1. The van der Waals surface area contributed by atoms with Gasteiger partial charge in [-0.2, -0.15) is 5.10 Å². The molecule has 0 amide bonds. The van der Waals surface area contributed by atoms with Crippen molar-refractivity contribution in [3.05, 3.63) is 70.8 Å². The topological polar surface area (TPSA) is 39.1 Å². The lowest BCUT2D eigenvalue weighted by atomic mass is 9.94. The number of hydrazone groups is 1. The second-order valence-corrected chi connectivity index (χ2v) is 8.97. The minimum atomic E-state index is -0.652. The predicted octanol–water partition coefficient (Wildman–Crippen LogP) is 4.30. The summed E-state index contributed by atoms with van der Waals surface area (Å²) in [5.74, 6) is 0.788. The van der Waals surface area contributed by atoms with Crippen LogP contribution in [-0.4, -0.2) is 46.9 Å². The van der Waals surface area contributed by atoms with E-state index < -0.39 is 6.23 Å². The molecule has 1 N–H and O–H groups in total. The molecule has 2 aromatic rings. The normalized spacial score (nSPS) is 25.3. The van der Waals surface area contributed by atoms with Crippen molar-refractivity contribution in [1.82, 2.24) is 9.91 Å². The fourth-order valence-electron chi connectivity index (χ4n) is 4.79. The van der Waals surface area contributed by atoms with E-state index in [0.717, 1.165) is 61.5 Å². The first kappa shape index (κ1) is 18.8. The fraction of sp³-hybridized carbons (Fsp3) is 0.480. The highest BCUT2D eigenvalue weighted by Crippen LogP contribution is 2.40. The maximum absolute atomic E-state index is 11.1. The van der Waals surface area contributed by atoms with Crippen LogP contribution in [0, 0.1) is 0 Å². The van der Waals surface area contributed by atoms with Crippen LogP contribution in [0.2, 0.25) is 0 Å². The zero-order valence-electron chi connectivity index (χ0n) is 17.3. The first-order chi connectivity index (χ1) is 14.2. The third-order valence-electron chi connectivity index (χ3n) is 6.73. The monoisotopic (exact) mass is 389 g/mol. The Hall–Kier alpha value is -2.17. The van der Waals surface area contributed by atoms with Crippen molar-refractivity contribution < 1.29 is 5.11 Å². The molecule has 2 aromatic carbocycles. The summed E-state index contributed by atoms with van der Waals surface area (Å²) in [5.41, 5.74) is 5.92. The van der Waals surface area contributed by atoms with Crippen LogP contribution in [0.25, 0.3) is 0 Å². The van der Waals surface area contributed by atoms with Gasteiger partial charge < -0.3 is 10.0 Å². The smallest absolute Gasteiger partial charge is 0.169 e. The Morgan fingerprint density at radius 2 is 1.76 bits per heavy atom. The van der Waals surface area contributed by atoms with Crippen LogP contribution in [0.1, 0.15) is 66.5 Å². The number of benzene rings is 2. The van der Waals surface area contributed by atoms with E-state index >= 15 is 0 Å². The van der Waals surface area contributed by atoms with Crippen LogP contribution in [0.4, 0.5) is 0 Å². The van der Waals surface area contributed by atoms with E-state index in [1.54, 1.807) is 0 Å². The molecule has 0 radical (unpaired) electrons. The predicted molar refractivity (Wildman–Crippen MR) is 117 cm³/mol. The van der Waals surface area contributed by atoms with Gasteiger partial charge >= 0.3 is 0 Å². The Morgan fingerprint density at radius 1 is 0.966 bits per heavy atom. The summed E-state index contributed by atoms with van der Waals surface area (Å²) >= 11 is 0. The summed E-state index contributed by atoms with van der Waals surface area (Å²) < 4.78 is 0. The molecule has 4 heteroatoms. The lowest BCUT2D eigenvalue weighted by Crippen LogP contribution is -2.39. The van der Waals surface area contributed by atoms with E-state index in [-0.39, 0.29) is 6.04 Å². The van der Waals surface area contributed by atoms with Gasteiger partial charge in [-0.15, -0.1) is 0 Å². The van der Waals surface area contributed by atoms with Gasteiger partial charge in [0.05, 0.1) is 11.8 Å². The molecule has 2 aliphatic heterocycles. The molecule has 3 aliphatic rings. The Morgan fingerprint density at radius 3 is 2.55 bits per heavy atom. The SMILES string of the molecule is CN1CCC[C@H](N2N=C(Cc3ccc(C4CC4)cc3)c3ccccc3C2O)CC1. The van der Waals surface area contributed by atoms with Gasteiger partial charge in [0.2, 0.25) is 0 Å². The van der Waals surface area contributed by atoms with E-state index in [9.17, 15) is 5.11 Å². The summed E-state index contributed by atoms with van der Waals surface area (Å²) in [6.07, 6.45) is 6.10. The van der Waals surface area contributed by atoms with E-state index in [0.29, 0.717) is 0 Å². The number of rotatable bonds is 4. The maximum Gasteiger partial charge on any atom is 0.169 e. The van der Waals surface area contributed by atoms with Crippen molar-refractivity contribution in [3.8, 4) is 0 Å². The number of hydrogen-bond acceptors (Lipinski definition) is 4. The molecule has 0 bridgehead atoms. The first-order valence-electron chi connectivity index (χ1n) is 11.1. The molecule has 152 valence electrons. The Bertz CT molecular complexity index is 887. The summed E-state index contributed by atoms with van der Waals surface area (Å²) in [4.78, 5) is 2.39. The number of nitrogens with zero attached hydrogens (tertiary/aromatic N) is 3. The molecule has 1 aliphatic carbocycles. The highest BCUT2D eigenvalue weighted by molar-refractivity contribution is 6.03. The number of fused-ring (bicyclic) bond motifs is 1. The van der Waals surface area contributed by atoms with Crippen molar-refractivity contribution in [2.24, 2.45) is 5.10 Å². The third kappa shape index (κ3) is 3.96. The molecule has 0 spiro atoms. The Labute approximate surface area is 173 Å². The highest BCUT2D eigenvalue weighted by atomic mass is 16.3. The molecule has 1 saturated carbocycles. The largest absolute Gasteiger partial charge is 0.368 e. The van der Waals surface area contributed by atoms with E-state index in [1.807, 2.05) is 17.1 Å². The number of likely N-dealkylation sites (tertiary alicyclic amines) is 1. The standard InChI is InChI=1S/C25H31N3O/c1-27-15-4-5-21(14-16-27)28-25(29)23-7-3-2-6-22(23)24(26-28)17-18-8-10-19(11-9-18)20-12-13-20/h2-3,6-11,20-21,25,29H,4-5,12-17H2,1H3/t21-,25?/m0/s1. The molecule has 2 heterocycles. The summed E-state index contributed by atoms with van der Waals surface area (Å²) in [6, 6.07) is 17.6. The Balaban J connectivity index is 1.43. The van der Waals surface area contributed by atoms with Gasteiger partial charge in [0, 0.05) is 17.5 Å². The minimum absolute atomic E-state index is 0.288. The lowest BCUT2D eigenvalue weighted by molar-refractivity contribution is -0.0330. The molecular weight excluding hydrogens is 358 g/mol. The van der Waals surface area contributed by atoms with E-state index in [2.05, 4.69) is 48.3 Å². The van der Waals surface area contributed by atoms with Gasteiger partial charge in [-0.1, -0.05) is 48.5 Å². The molecule has 4 nitrogen and oxygen atoms in total. The zero-order valence-corrected chi connectivity index (χ0v) is 17.3. The molecule has 5 rings (SSSR count). The number of aliphatic hydroxyl groups excluding tert-OH is 1. The second kappa shape index (κ2) is 7.92. The van der Waals surface area contributed by atoms with Crippen LogP contribution < -0.4 is 0 Å². The Kier molecular flexibility index (Phi) is 5.15. The van der Waals surface area contributed by atoms with E-state index in [1.165, 1.54) is 24.0 Å². The number of hydrogen-bond donors (Lipinski definition) is 1. The summed E-state index contributed by atoms with van der Waals surface area (Å²) in [7, 11) is 2.18. The van der Waals surface area contributed by atoms with Crippen molar-refractivity contribution in [2.45, 2.75) is 56.7 Å². The lowest BCUT2D eigenvalue weighted by Gasteiger charge is -2.37. The molecular formula is C25H31N3O. The second-order valence-electron chi connectivity index (χ2n) is 8.97. The van der Waals surface area contributed by atoms with Crippen LogP contribution in [0.5, 0.6) is 0 Å². The molecule has 1 unspecified atom stereocenters. The van der Waals surface area contributed by atoms with Gasteiger partial charge in [-0.25, -0.2) is 0 Å². The molecule has 29 heavy (non-hydrogen) atoms. The number of aliphatic hydroxyl groups is 1. The van der Waals surface area contributed by atoms with Crippen molar-refractivity contribution >= 4 is 5.71 Å². The molecule has 0 aromatic heterocycles. The van der Waals surface area contributed by atoms with Crippen LogP contribution in [0.3, 0.4) is 0 Å². The molecule has 2 fully saturated rings. The quantitative estimate of drug-likeness (QED) is 0.847. The fourth-order valence-corrected chi connectivity index (χ4v) is 4.79. The van der Waals surface area contributed by atoms with Crippen LogP contribution in [0.15, 0.2) is 53.6 Å². The summed E-state index contributed by atoms with van der Waals surface area (Å²) in [5, 5.41) is 18.2. The summed E-state index contributed by atoms with van der Waals surface area (Å²) in [6.45, 7) is 2.18. The van der Waals surface area contributed by atoms with Crippen LogP contribution in [-0.2, 0) is 6.42 Å². The average Bonchev–Trinajstić information content (AvgIpc) is 3.59. The van der Waals surface area contributed by atoms with Crippen LogP contribution >= 0.6 is 0 Å².